The molecule has 0 aliphatic carbocycles. The summed E-state index contributed by atoms with van der Waals surface area (Å²) in [6.07, 6.45) is 0.833. The molecule has 0 atom stereocenters. The van der Waals surface area contributed by atoms with Crippen LogP contribution in [0.2, 0.25) is 10.0 Å². The van der Waals surface area contributed by atoms with Crippen molar-refractivity contribution in [3.05, 3.63) is 93.0 Å². The molecule has 148 valence electrons. The standard InChI is InChI=1S/C22H18Cl2N2O2S/c1-14-20(24)6-3-7-21(14)29(27,28)26-18-5-2-4-16(13-18)22-19-9-8-17(23)12-15(19)10-11-25-22/h2-9,12-13,26H,10-11H2,1H3. The zero-order valence-electron chi connectivity index (χ0n) is 15.6. The number of sulfonamides is 1. The van der Waals surface area contributed by atoms with E-state index in [1.54, 1.807) is 37.3 Å². The Morgan fingerprint density at radius 2 is 1.79 bits per heavy atom. The minimum absolute atomic E-state index is 0.158. The topological polar surface area (TPSA) is 58.5 Å². The fraction of sp³-hybridized carbons (Fsp3) is 0.136. The molecular formula is C22H18Cl2N2O2S. The minimum Gasteiger partial charge on any atom is -0.284 e. The number of halogens is 2. The molecule has 1 aliphatic rings. The first-order valence-electron chi connectivity index (χ1n) is 9.07. The molecule has 3 aromatic rings. The van der Waals surface area contributed by atoms with Crippen LogP contribution in [0.15, 0.2) is 70.6 Å². The number of anilines is 1. The number of hydrogen-bond donors (Lipinski definition) is 1. The lowest BCUT2D eigenvalue weighted by Gasteiger charge is -2.18. The average molecular weight is 445 g/mol. The Morgan fingerprint density at radius 3 is 2.62 bits per heavy atom. The Bertz CT molecular complexity index is 1240. The zero-order valence-corrected chi connectivity index (χ0v) is 17.9. The van der Waals surface area contributed by atoms with Crippen LogP contribution < -0.4 is 4.72 Å². The van der Waals surface area contributed by atoms with Crippen molar-refractivity contribution < 1.29 is 8.42 Å². The van der Waals surface area contributed by atoms with Crippen LogP contribution in [0, 0.1) is 6.92 Å². The van der Waals surface area contributed by atoms with Gasteiger partial charge in [0.15, 0.2) is 0 Å². The molecule has 29 heavy (non-hydrogen) atoms. The van der Waals surface area contributed by atoms with E-state index in [-0.39, 0.29) is 4.90 Å². The molecule has 0 saturated heterocycles. The van der Waals surface area contributed by atoms with E-state index < -0.39 is 10.0 Å². The predicted octanol–water partition coefficient (Wildman–Crippen LogP) is 5.50. The number of benzene rings is 3. The van der Waals surface area contributed by atoms with E-state index >= 15 is 0 Å². The smallest absolute Gasteiger partial charge is 0.262 e. The molecule has 0 amide bonds. The van der Waals surface area contributed by atoms with Gasteiger partial charge in [-0.3, -0.25) is 9.71 Å². The van der Waals surface area contributed by atoms with Gasteiger partial charge in [-0.05, 0) is 60.9 Å². The molecule has 0 unspecified atom stereocenters. The van der Waals surface area contributed by atoms with Crippen LogP contribution in [-0.2, 0) is 16.4 Å². The molecule has 4 rings (SSSR count). The number of nitrogens with zero attached hydrogens (tertiary/aromatic N) is 1. The zero-order chi connectivity index (χ0) is 20.6. The highest BCUT2D eigenvalue weighted by atomic mass is 35.5. The second-order valence-electron chi connectivity index (χ2n) is 6.83. The maximum atomic E-state index is 12.9. The molecule has 1 N–H and O–H groups in total. The fourth-order valence-corrected chi connectivity index (χ4v) is 5.18. The molecular weight excluding hydrogens is 427 g/mol. The number of rotatable bonds is 4. The summed E-state index contributed by atoms with van der Waals surface area (Å²) >= 11 is 12.2. The minimum atomic E-state index is -3.77. The van der Waals surface area contributed by atoms with Gasteiger partial charge in [-0.25, -0.2) is 8.42 Å². The summed E-state index contributed by atoms with van der Waals surface area (Å²) in [5.74, 6) is 0. The first-order valence-corrected chi connectivity index (χ1v) is 11.3. The van der Waals surface area contributed by atoms with Crippen LogP contribution in [0.25, 0.3) is 0 Å². The third-order valence-electron chi connectivity index (χ3n) is 4.87. The second kappa shape index (κ2) is 7.82. The van der Waals surface area contributed by atoms with E-state index in [0.717, 1.165) is 28.8 Å². The van der Waals surface area contributed by atoms with Gasteiger partial charge in [-0.2, -0.15) is 0 Å². The monoisotopic (exact) mass is 444 g/mol. The van der Waals surface area contributed by atoms with Crippen molar-refractivity contribution in [3.63, 3.8) is 0 Å². The highest BCUT2D eigenvalue weighted by molar-refractivity contribution is 7.92. The summed E-state index contributed by atoms with van der Waals surface area (Å²) in [5, 5.41) is 1.11. The van der Waals surface area contributed by atoms with Crippen molar-refractivity contribution in [3.8, 4) is 0 Å². The molecule has 0 saturated carbocycles. The third kappa shape index (κ3) is 4.04. The first-order chi connectivity index (χ1) is 13.8. The molecule has 3 aromatic carbocycles. The van der Waals surface area contributed by atoms with Gasteiger partial charge in [0.25, 0.3) is 10.0 Å². The molecule has 0 fully saturated rings. The predicted molar refractivity (Wildman–Crippen MR) is 119 cm³/mol. The summed E-state index contributed by atoms with van der Waals surface area (Å²) in [6.45, 7) is 2.35. The highest BCUT2D eigenvalue weighted by Crippen LogP contribution is 2.27. The normalized spacial score (nSPS) is 13.6. The Balaban J connectivity index is 1.69. The van der Waals surface area contributed by atoms with Gasteiger partial charge >= 0.3 is 0 Å². The fourth-order valence-electron chi connectivity index (χ4n) is 3.44. The number of nitrogens with one attached hydrogen (secondary N) is 1. The molecule has 1 aliphatic heterocycles. The second-order valence-corrected chi connectivity index (χ2v) is 9.33. The third-order valence-corrected chi connectivity index (χ3v) is 7.04. The van der Waals surface area contributed by atoms with Crippen molar-refractivity contribution in [2.75, 3.05) is 11.3 Å². The van der Waals surface area contributed by atoms with Gasteiger partial charge in [0.2, 0.25) is 0 Å². The number of hydrogen-bond acceptors (Lipinski definition) is 3. The van der Waals surface area contributed by atoms with Gasteiger partial charge in [0.1, 0.15) is 0 Å². The molecule has 0 spiro atoms. The maximum Gasteiger partial charge on any atom is 0.262 e. The van der Waals surface area contributed by atoms with E-state index in [1.165, 1.54) is 0 Å². The highest BCUT2D eigenvalue weighted by Gasteiger charge is 2.20. The maximum absolute atomic E-state index is 12.9. The Labute approximate surface area is 180 Å². The van der Waals surface area contributed by atoms with Crippen molar-refractivity contribution in [1.82, 2.24) is 0 Å². The number of aliphatic imine (C=N–C) groups is 1. The van der Waals surface area contributed by atoms with Crippen molar-refractivity contribution in [1.29, 1.82) is 0 Å². The SMILES string of the molecule is Cc1c(Cl)cccc1S(=O)(=O)Nc1cccc(C2=NCCc3cc(Cl)ccc32)c1. The van der Waals surface area contributed by atoms with E-state index in [0.29, 0.717) is 27.8 Å². The Hall–Kier alpha value is -2.34. The van der Waals surface area contributed by atoms with Crippen LogP contribution >= 0.6 is 23.2 Å². The van der Waals surface area contributed by atoms with Crippen LogP contribution in [0.1, 0.15) is 22.3 Å². The van der Waals surface area contributed by atoms with Gasteiger partial charge in [-0.15, -0.1) is 0 Å². The van der Waals surface area contributed by atoms with Crippen LogP contribution in [-0.4, -0.2) is 20.7 Å². The summed E-state index contributed by atoms with van der Waals surface area (Å²) in [6, 6.07) is 17.8. The van der Waals surface area contributed by atoms with Crippen LogP contribution in [0.4, 0.5) is 5.69 Å². The summed E-state index contributed by atoms with van der Waals surface area (Å²) in [5.41, 5.74) is 4.82. The average Bonchev–Trinajstić information content (AvgIpc) is 2.69. The van der Waals surface area contributed by atoms with Gasteiger partial charge in [0, 0.05) is 33.4 Å². The lowest BCUT2D eigenvalue weighted by atomic mass is 9.93. The largest absolute Gasteiger partial charge is 0.284 e. The van der Waals surface area contributed by atoms with Crippen LogP contribution in [0.3, 0.4) is 0 Å². The van der Waals surface area contributed by atoms with Crippen LogP contribution in [0.5, 0.6) is 0 Å². The van der Waals surface area contributed by atoms with Gasteiger partial charge < -0.3 is 0 Å². The van der Waals surface area contributed by atoms with E-state index in [9.17, 15) is 8.42 Å². The van der Waals surface area contributed by atoms with E-state index in [1.807, 2.05) is 30.3 Å². The summed E-state index contributed by atoms with van der Waals surface area (Å²) in [7, 11) is -3.77. The molecule has 4 nitrogen and oxygen atoms in total. The molecule has 0 radical (unpaired) electrons. The molecule has 0 bridgehead atoms. The van der Waals surface area contributed by atoms with E-state index in [4.69, 9.17) is 23.2 Å². The van der Waals surface area contributed by atoms with E-state index in [2.05, 4.69) is 9.71 Å². The number of fused-ring (bicyclic) bond motifs is 1. The van der Waals surface area contributed by atoms with Gasteiger partial charge in [-0.1, -0.05) is 47.5 Å². The Kier molecular flexibility index (Phi) is 5.38. The summed E-state index contributed by atoms with van der Waals surface area (Å²) in [4.78, 5) is 4.83. The molecule has 7 heteroatoms. The van der Waals surface area contributed by atoms with Crippen molar-refractivity contribution in [2.24, 2.45) is 4.99 Å². The molecule has 0 aromatic heterocycles. The quantitative estimate of drug-likeness (QED) is 0.577. The lowest BCUT2D eigenvalue weighted by molar-refractivity contribution is 0.600. The summed E-state index contributed by atoms with van der Waals surface area (Å²) < 4.78 is 28.4. The van der Waals surface area contributed by atoms with Gasteiger partial charge in [0.05, 0.1) is 10.6 Å². The Morgan fingerprint density at radius 1 is 1.00 bits per heavy atom. The first kappa shape index (κ1) is 20.0. The lowest BCUT2D eigenvalue weighted by Crippen LogP contribution is -2.16. The van der Waals surface area contributed by atoms with Crippen molar-refractivity contribution >= 4 is 44.6 Å². The van der Waals surface area contributed by atoms with Crippen molar-refractivity contribution in [2.45, 2.75) is 18.2 Å². The molecule has 1 heterocycles.